The summed E-state index contributed by atoms with van der Waals surface area (Å²) in [4.78, 5) is 0. The second-order valence-electron chi connectivity index (χ2n) is 6.37. The summed E-state index contributed by atoms with van der Waals surface area (Å²) in [5, 5.41) is 10.5. The number of fused-ring (bicyclic) bond motifs is 1. The van der Waals surface area contributed by atoms with E-state index >= 15 is 0 Å². The van der Waals surface area contributed by atoms with E-state index in [1.54, 1.807) is 0 Å². The zero-order valence-corrected chi connectivity index (χ0v) is 12.7. The maximum atomic E-state index is 10.5. The van der Waals surface area contributed by atoms with Gasteiger partial charge in [0, 0.05) is 6.42 Å². The Hall–Kier alpha value is -1.22. The molecule has 1 aliphatic carbocycles. The number of aliphatic hydroxyl groups excluding tert-OH is 1. The maximum absolute atomic E-state index is 10.5. The van der Waals surface area contributed by atoms with Crippen molar-refractivity contribution in [2.24, 2.45) is 5.92 Å². The average molecular weight is 290 g/mol. The fourth-order valence-corrected chi connectivity index (χ4v) is 3.44. The molecule has 3 heteroatoms. The summed E-state index contributed by atoms with van der Waals surface area (Å²) in [6, 6.07) is 5.88. The maximum Gasteiger partial charge on any atom is 0.161 e. The van der Waals surface area contributed by atoms with Crippen molar-refractivity contribution >= 4 is 0 Å². The SMILES string of the molecule is OC(CC1CCCCCC1)c1ccc2c(c1)OCCCO2. The summed E-state index contributed by atoms with van der Waals surface area (Å²) in [5.74, 6) is 2.25. The van der Waals surface area contributed by atoms with Gasteiger partial charge in [-0.3, -0.25) is 0 Å². The first-order valence-electron chi connectivity index (χ1n) is 8.40. The number of hydrogen-bond donors (Lipinski definition) is 1. The van der Waals surface area contributed by atoms with E-state index in [9.17, 15) is 5.11 Å². The van der Waals surface area contributed by atoms with Crippen LogP contribution < -0.4 is 9.47 Å². The third-order valence-corrected chi connectivity index (χ3v) is 4.69. The van der Waals surface area contributed by atoms with Crippen LogP contribution in [0.25, 0.3) is 0 Å². The topological polar surface area (TPSA) is 38.7 Å². The van der Waals surface area contributed by atoms with E-state index in [0.717, 1.165) is 29.9 Å². The summed E-state index contributed by atoms with van der Waals surface area (Å²) < 4.78 is 11.4. The van der Waals surface area contributed by atoms with Crippen LogP contribution in [0.3, 0.4) is 0 Å². The minimum Gasteiger partial charge on any atom is -0.490 e. The molecule has 0 amide bonds. The van der Waals surface area contributed by atoms with Crippen LogP contribution >= 0.6 is 0 Å². The Labute approximate surface area is 127 Å². The molecule has 116 valence electrons. The van der Waals surface area contributed by atoms with Gasteiger partial charge in [0.15, 0.2) is 11.5 Å². The molecule has 3 rings (SSSR count). The quantitative estimate of drug-likeness (QED) is 0.846. The van der Waals surface area contributed by atoms with Crippen molar-refractivity contribution in [3.05, 3.63) is 23.8 Å². The molecule has 1 aromatic rings. The number of ether oxygens (including phenoxy) is 2. The highest BCUT2D eigenvalue weighted by Gasteiger charge is 2.19. The molecule has 21 heavy (non-hydrogen) atoms. The smallest absolute Gasteiger partial charge is 0.161 e. The highest BCUT2D eigenvalue weighted by Crippen LogP contribution is 2.35. The summed E-state index contributed by atoms with van der Waals surface area (Å²) in [6.07, 6.45) is 9.28. The standard InChI is InChI=1S/C18H26O3/c19-16(12-14-6-3-1-2-4-7-14)15-8-9-17-18(13-15)21-11-5-10-20-17/h8-9,13-14,16,19H,1-7,10-12H2. The second kappa shape index (κ2) is 7.17. The van der Waals surface area contributed by atoms with Gasteiger partial charge in [-0.15, -0.1) is 0 Å². The molecule has 3 nitrogen and oxygen atoms in total. The van der Waals surface area contributed by atoms with Crippen molar-refractivity contribution in [3.8, 4) is 11.5 Å². The lowest BCUT2D eigenvalue weighted by Crippen LogP contribution is -2.07. The fraction of sp³-hybridized carbons (Fsp3) is 0.667. The molecule has 1 aliphatic heterocycles. The third kappa shape index (κ3) is 3.91. The Bertz CT molecular complexity index is 450. The van der Waals surface area contributed by atoms with E-state index in [2.05, 4.69) is 0 Å². The summed E-state index contributed by atoms with van der Waals surface area (Å²) in [6.45, 7) is 1.39. The van der Waals surface area contributed by atoms with Crippen LogP contribution in [0.1, 0.15) is 63.0 Å². The van der Waals surface area contributed by atoms with Crippen molar-refractivity contribution < 1.29 is 14.6 Å². The molecule has 1 N–H and O–H groups in total. The third-order valence-electron chi connectivity index (χ3n) is 4.69. The molecule has 0 saturated heterocycles. The van der Waals surface area contributed by atoms with Gasteiger partial charge in [-0.25, -0.2) is 0 Å². The van der Waals surface area contributed by atoms with Gasteiger partial charge in [0.2, 0.25) is 0 Å². The van der Waals surface area contributed by atoms with Crippen LogP contribution in [-0.2, 0) is 0 Å². The number of benzene rings is 1. The predicted molar refractivity (Wildman–Crippen MR) is 82.8 cm³/mol. The number of hydrogen-bond acceptors (Lipinski definition) is 3. The van der Waals surface area contributed by atoms with Crippen LogP contribution in [0.15, 0.2) is 18.2 Å². The van der Waals surface area contributed by atoms with E-state index < -0.39 is 0 Å². The molecule has 0 aromatic heterocycles. The van der Waals surface area contributed by atoms with E-state index in [1.807, 2.05) is 18.2 Å². The first kappa shape index (κ1) is 14.7. The largest absolute Gasteiger partial charge is 0.490 e. The Morgan fingerprint density at radius 3 is 2.43 bits per heavy atom. The summed E-state index contributed by atoms with van der Waals surface area (Å²) >= 11 is 0. The van der Waals surface area contributed by atoms with Crippen LogP contribution in [0.2, 0.25) is 0 Å². The Balaban J connectivity index is 1.66. The molecule has 1 aromatic carbocycles. The van der Waals surface area contributed by atoms with Crippen LogP contribution in [-0.4, -0.2) is 18.3 Å². The van der Waals surface area contributed by atoms with E-state index in [-0.39, 0.29) is 6.10 Å². The predicted octanol–water partition coefficient (Wildman–Crippen LogP) is 4.24. The minimum atomic E-state index is -0.384. The van der Waals surface area contributed by atoms with Crippen LogP contribution in [0.4, 0.5) is 0 Å². The first-order valence-corrected chi connectivity index (χ1v) is 8.40. The zero-order valence-electron chi connectivity index (χ0n) is 12.7. The minimum absolute atomic E-state index is 0.384. The Morgan fingerprint density at radius 1 is 0.952 bits per heavy atom. The average Bonchev–Trinajstić information content (AvgIpc) is 2.88. The van der Waals surface area contributed by atoms with Crippen LogP contribution in [0.5, 0.6) is 11.5 Å². The van der Waals surface area contributed by atoms with E-state index in [1.165, 1.54) is 38.5 Å². The molecule has 1 heterocycles. The molecule has 0 spiro atoms. The fourth-order valence-electron chi connectivity index (χ4n) is 3.44. The number of rotatable bonds is 3. The molecule has 1 unspecified atom stereocenters. The molecule has 0 radical (unpaired) electrons. The van der Waals surface area contributed by atoms with Crippen molar-refractivity contribution in [2.75, 3.05) is 13.2 Å². The molecule has 2 aliphatic rings. The van der Waals surface area contributed by atoms with Gasteiger partial charge in [0.05, 0.1) is 19.3 Å². The highest BCUT2D eigenvalue weighted by molar-refractivity contribution is 5.44. The van der Waals surface area contributed by atoms with Crippen molar-refractivity contribution in [1.29, 1.82) is 0 Å². The van der Waals surface area contributed by atoms with Gasteiger partial charge in [-0.1, -0.05) is 44.6 Å². The van der Waals surface area contributed by atoms with Gasteiger partial charge in [0.25, 0.3) is 0 Å². The van der Waals surface area contributed by atoms with Crippen molar-refractivity contribution in [1.82, 2.24) is 0 Å². The lowest BCUT2D eigenvalue weighted by molar-refractivity contribution is 0.138. The van der Waals surface area contributed by atoms with Crippen molar-refractivity contribution in [2.45, 2.75) is 57.5 Å². The lowest BCUT2D eigenvalue weighted by atomic mass is 9.91. The summed E-state index contributed by atoms with van der Waals surface area (Å²) in [5.41, 5.74) is 0.962. The van der Waals surface area contributed by atoms with Gasteiger partial charge in [-0.2, -0.15) is 0 Å². The Kier molecular flexibility index (Phi) is 5.02. The molecule has 0 bridgehead atoms. The first-order chi connectivity index (χ1) is 10.3. The van der Waals surface area contributed by atoms with E-state index in [4.69, 9.17) is 9.47 Å². The van der Waals surface area contributed by atoms with Crippen molar-refractivity contribution in [3.63, 3.8) is 0 Å². The van der Waals surface area contributed by atoms with Gasteiger partial charge in [0.1, 0.15) is 0 Å². The zero-order chi connectivity index (χ0) is 14.5. The van der Waals surface area contributed by atoms with Gasteiger partial charge < -0.3 is 14.6 Å². The van der Waals surface area contributed by atoms with E-state index in [0.29, 0.717) is 19.1 Å². The number of aliphatic hydroxyl groups is 1. The van der Waals surface area contributed by atoms with Gasteiger partial charge in [-0.05, 0) is 30.0 Å². The lowest BCUT2D eigenvalue weighted by Gasteiger charge is -2.19. The summed E-state index contributed by atoms with van der Waals surface area (Å²) in [7, 11) is 0. The molecule has 1 atom stereocenters. The second-order valence-corrected chi connectivity index (χ2v) is 6.37. The molecule has 1 fully saturated rings. The molecular formula is C18H26O3. The highest BCUT2D eigenvalue weighted by atomic mass is 16.5. The molecule has 1 saturated carbocycles. The molecular weight excluding hydrogens is 264 g/mol. The van der Waals surface area contributed by atoms with Crippen LogP contribution in [0, 0.1) is 5.92 Å². The normalized spacial score (nSPS) is 21.4. The van der Waals surface area contributed by atoms with Gasteiger partial charge >= 0.3 is 0 Å². The monoisotopic (exact) mass is 290 g/mol. The Morgan fingerprint density at radius 2 is 1.67 bits per heavy atom.